The monoisotopic (exact) mass is 305 g/mol. The van der Waals surface area contributed by atoms with E-state index in [0.29, 0.717) is 0 Å². The second-order valence-electron chi connectivity index (χ2n) is 4.79. The van der Waals surface area contributed by atoms with Gasteiger partial charge in [0.1, 0.15) is 5.82 Å². The summed E-state index contributed by atoms with van der Waals surface area (Å²) in [5.74, 6) is 1.03. The van der Waals surface area contributed by atoms with Crippen LogP contribution in [0.15, 0.2) is 35.8 Å². The fraction of sp³-hybridized carbons (Fsp3) is 0.438. The van der Waals surface area contributed by atoms with Crippen LogP contribution in [0.5, 0.6) is 0 Å². The first-order valence-corrected chi connectivity index (χ1v) is 8.13. The molecule has 0 unspecified atom stereocenters. The second kappa shape index (κ2) is 8.77. The zero-order valence-electron chi connectivity index (χ0n) is 12.7. The molecule has 114 valence electrons. The van der Waals surface area contributed by atoms with E-state index < -0.39 is 0 Å². The van der Waals surface area contributed by atoms with Crippen molar-refractivity contribution in [3.8, 4) is 0 Å². The molecule has 0 aliphatic carbocycles. The van der Waals surface area contributed by atoms with Gasteiger partial charge in [-0.1, -0.05) is 12.1 Å². The van der Waals surface area contributed by atoms with Crippen LogP contribution in [0.4, 0.5) is 5.82 Å². The first-order chi connectivity index (χ1) is 10.3. The largest absolute Gasteiger partial charge is 0.383 e. The molecule has 0 radical (unpaired) electrons. The van der Waals surface area contributed by atoms with Gasteiger partial charge in [-0.15, -0.1) is 11.3 Å². The van der Waals surface area contributed by atoms with Crippen LogP contribution in [0.25, 0.3) is 0 Å². The van der Waals surface area contributed by atoms with E-state index in [1.165, 1.54) is 10.4 Å². The summed E-state index contributed by atoms with van der Waals surface area (Å²) in [6, 6.07) is 8.50. The molecule has 1 N–H and O–H groups in total. The summed E-state index contributed by atoms with van der Waals surface area (Å²) in [4.78, 5) is 8.24. The van der Waals surface area contributed by atoms with Crippen molar-refractivity contribution >= 4 is 17.2 Å². The van der Waals surface area contributed by atoms with E-state index in [-0.39, 0.29) is 0 Å². The van der Waals surface area contributed by atoms with Crippen LogP contribution in [0.3, 0.4) is 0 Å². The summed E-state index contributed by atoms with van der Waals surface area (Å²) in [6.07, 6.45) is 1.95. The summed E-state index contributed by atoms with van der Waals surface area (Å²) >= 11 is 1.79. The Hall–Kier alpha value is -1.43. The lowest BCUT2D eigenvalue weighted by molar-refractivity contribution is 0.199. The van der Waals surface area contributed by atoms with Gasteiger partial charge >= 0.3 is 0 Å². The minimum absolute atomic E-state index is 0.732. The van der Waals surface area contributed by atoms with Crippen molar-refractivity contribution in [1.82, 2.24) is 10.3 Å². The van der Waals surface area contributed by atoms with Crippen molar-refractivity contribution in [2.75, 3.05) is 31.7 Å². The van der Waals surface area contributed by atoms with E-state index in [2.05, 4.69) is 51.8 Å². The normalized spacial score (nSPS) is 10.8. The maximum atomic E-state index is 5.01. The minimum atomic E-state index is 0.732. The minimum Gasteiger partial charge on any atom is -0.383 e. The lowest BCUT2D eigenvalue weighted by atomic mass is 10.2. The summed E-state index contributed by atoms with van der Waals surface area (Å²) < 4.78 is 5.01. The number of rotatable bonds is 9. The molecular weight excluding hydrogens is 282 g/mol. The van der Waals surface area contributed by atoms with Crippen molar-refractivity contribution < 1.29 is 4.74 Å². The van der Waals surface area contributed by atoms with Crippen molar-refractivity contribution in [1.29, 1.82) is 0 Å². The first kappa shape index (κ1) is 15.9. The molecule has 2 rings (SSSR count). The number of aromatic nitrogens is 1. The summed E-state index contributed by atoms with van der Waals surface area (Å²) in [6.45, 7) is 6.46. The molecule has 0 spiro atoms. The molecule has 0 fully saturated rings. The Balaban J connectivity index is 1.90. The molecular formula is C16H23N3OS. The fourth-order valence-electron chi connectivity index (χ4n) is 2.06. The lowest BCUT2D eigenvalue weighted by Gasteiger charge is -2.21. The van der Waals surface area contributed by atoms with Crippen LogP contribution in [0, 0.1) is 0 Å². The number of hydrogen-bond acceptors (Lipinski definition) is 5. The molecule has 2 aromatic heterocycles. The van der Waals surface area contributed by atoms with E-state index in [9.17, 15) is 0 Å². The second-order valence-corrected chi connectivity index (χ2v) is 5.82. The van der Waals surface area contributed by atoms with Gasteiger partial charge in [-0.3, -0.25) is 0 Å². The lowest BCUT2D eigenvalue weighted by Crippen LogP contribution is -2.23. The maximum absolute atomic E-state index is 5.01. The topological polar surface area (TPSA) is 37.4 Å². The smallest absolute Gasteiger partial charge is 0.128 e. The van der Waals surface area contributed by atoms with Gasteiger partial charge in [-0.25, -0.2) is 4.98 Å². The number of nitrogens with one attached hydrogen (secondary N) is 1. The van der Waals surface area contributed by atoms with Crippen molar-refractivity contribution in [3.05, 3.63) is 46.3 Å². The molecule has 4 nitrogen and oxygen atoms in total. The number of thiophene rings is 1. The summed E-state index contributed by atoms with van der Waals surface area (Å²) in [7, 11) is 1.71. The predicted octanol–water partition coefficient (Wildman–Crippen LogP) is 2.91. The Morgan fingerprint density at radius 3 is 2.86 bits per heavy atom. The van der Waals surface area contributed by atoms with Crippen LogP contribution in [0.2, 0.25) is 0 Å². The van der Waals surface area contributed by atoms with Crippen LogP contribution >= 0.6 is 11.3 Å². The third-order valence-corrected chi connectivity index (χ3v) is 4.11. The molecule has 0 amide bonds. The zero-order valence-corrected chi connectivity index (χ0v) is 13.5. The molecule has 0 saturated carbocycles. The van der Waals surface area contributed by atoms with Crippen LogP contribution in [0.1, 0.15) is 17.4 Å². The molecule has 0 aliphatic heterocycles. The third-order valence-electron chi connectivity index (χ3n) is 3.25. The molecule has 5 heteroatoms. The quantitative estimate of drug-likeness (QED) is 0.723. The number of nitrogens with zero attached hydrogens (tertiary/aromatic N) is 2. The third kappa shape index (κ3) is 5.12. The van der Waals surface area contributed by atoms with Crippen molar-refractivity contribution in [2.24, 2.45) is 0 Å². The average molecular weight is 305 g/mol. The van der Waals surface area contributed by atoms with E-state index in [4.69, 9.17) is 4.74 Å². The van der Waals surface area contributed by atoms with Crippen LogP contribution in [-0.4, -0.2) is 31.8 Å². The Morgan fingerprint density at radius 2 is 2.24 bits per heavy atom. The predicted molar refractivity (Wildman–Crippen MR) is 88.9 cm³/mol. The van der Waals surface area contributed by atoms with E-state index in [0.717, 1.165) is 38.6 Å². The number of anilines is 1. The van der Waals surface area contributed by atoms with Crippen LogP contribution in [-0.2, 0) is 17.8 Å². The van der Waals surface area contributed by atoms with Gasteiger partial charge in [0.05, 0.1) is 13.2 Å². The van der Waals surface area contributed by atoms with E-state index >= 15 is 0 Å². The molecule has 0 aromatic carbocycles. The zero-order chi connectivity index (χ0) is 14.9. The van der Waals surface area contributed by atoms with Crippen LogP contribution < -0.4 is 10.2 Å². The molecule has 0 aliphatic rings. The number of ether oxygens (including phenoxy) is 1. The van der Waals surface area contributed by atoms with Gasteiger partial charge in [-0.05, 0) is 30.0 Å². The Morgan fingerprint density at radius 1 is 1.33 bits per heavy atom. The average Bonchev–Trinajstić information content (AvgIpc) is 3.03. The van der Waals surface area contributed by atoms with Gasteiger partial charge in [0.25, 0.3) is 0 Å². The molecule has 0 saturated heterocycles. The van der Waals surface area contributed by atoms with Gasteiger partial charge in [0, 0.05) is 37.8 Å². The molecule has 21 heavy (non-hydrogen) atoms. The number of pyridine rings is 1. The molecule has 0 bridgehead atoms. The Labute approximate surface area is 130 Å². The summed E-state index contributed by atoms with van der Waals surface area (Å²) in [5.41, 5.74) is 1.20. The maximum Gasteiger partial charge on any atom is 0.128 e. The highest BCUT2D eigenvalue weighted by atomic mass is 32.1. The first-order valence-electron chi connectivity index (χ1n) is 7.25. The standard InChI is InChI=1S/C16H23N3OS/c1-3-19(13-15-5-4-10-21-15)16-7-6-14(12-18-16)11-17-8-9-20-2/h4-7,10,12,17H,3,8-9,11,13H2,1-2H3. The van der Waals surface area contributed by atoms with Gasteiger partial charge in [-0.2, -0.15) is 0 Å². The highest BCUT2D eigenvalue weighted by Crippen LogP contribution is 2.17. The van der Waals surface area contributed by atoms with E-state index in [1.807, 2.05) is 6.20 Å². The van der Waals surface area contributed by atoms with Gasteiger partial charge in [0.15, 0.2) is 0 Å². The SMILES string of the molecule is CCN(Cc1cccs1)c1ccc(CNCCOC)cn1. The molecule has 0 atom stereocenters. The van der Waals surface area contributed by atoms with Crippen molar-refractivity contribution in [3.63, 3.8) is 0 Å². The van der Waals surface area contributed by atoms with Crippen molar-refractivity contribution in [2.45, 2.75) is 20.0 Å². The summed E-state index contributed by atoms with van der Waals surface area (Å²) in [5, 5.41) is 5.44. The van der Waals surface area contributed by atoms with Gasteiger partial charge < -0.3 is 15.0 Å². The van der Waals surface area contributed by atoms with E-state index in [1.54, 1.807) is 18.4 Å². The Kier molecular flexibility index (Phi) is 6.66. The number of hydrogen-bond donors (Lipinski definition) is 1. The number of methoxy groups -OCH3 is 1. The fourth-order valence-corrected chi connectivity index (χ4v) is 2.78. The highest BCUT2D eigenvalue weighted by Gasteiger charge is 2.07. The molecule has 2 aromatic rings. The Bertz CT molecular complexity index is 499. The van der Waals surface area contributed by atoms with Gasteiger partial charge in [0.2, 0.25) is 0 Å². The molecule has 2 heterocycles. The highest BCUT2D eigenvalue weighted by molar-refractivity contribution is 7.09.